The van der Waals surface area contributed by atoms with E-state index < -0.39 is 0 Å². The Balaban J connectivity index is 1.84. The van der Waals surface area contributed by atoms with E-state index in [1.807, 2.05) is 6.07 Å². The largest absolute Gasteiger partial charge is 0.345 e. The van der Waals surface area contributed by atoms with Gasteiger partial charge in [0.15, 0.2) is 0 Å². The molecule has 0 aromatic heterocycles. The van der Waals surface area contributed by atoms with Crippen LogP contribution in [0.25, 0.3) is 5.57 Å². The standard InChI is InChI=1S/C20H19N/c1-21(19-11-7-4-8-12-19)20-15-13-18(14-16-20)17-9-5-2-3-6-10-17/h2,4-16H,3H2,1H3. The summed E-state index contributed by atoms with van der Waals surface area (Å²) in [7, 11) is 2.10. The first-order chi connectivity index (χ1) is 10.3. The Morgan fingerprint density at radius 1 is 0.810 bits per heavy atom. The summed E-state index contributed by atoms with van der Waals surface area (Å²) in [5.41, 5.74) is 4.90. The molecule has 0 radical (unpaired) electrons. The number of allylic oxidation sites excluding steroid dienone is 6. The van der Waals surface area contributed by atoms with Crippen LogP contribution >= 0.6 is 0 Å². The number of hydrogen-bond acceptors (Lipinski definition) is 1. The summed E-state index contributed by atoms with van der Waals surface area (Å²) < 4.78 is 0. The molecule has 0 unspecified atom stereocenters. The molecule has 0 N–H and O–H groups in total. The molecule has 0 aliphatic heterocycles. The second-order valence-corrected chi connectivity index (χ2v) is 5.13. The first kappa shape index (κ1) is 13.4. The molecule has 2 aromatic rings. The molecule has 1 aliphatic rings. The number of rotatable bonds is 3. The Morgan fingerprint density at radius 3 is 2.29 bits per heavy atom. The minimum absolute atomic E-state index is 1.01. The van der Waals surface area contributed by atoms with Crippen LogP contribution in [0.15, 0.2) is 85.0 Å². The number of benzene rings is 2. The maximum absolute atomic E-state index is 2.20. The lowest BCUT2D eigenvalue weighted by atomic mass is 10.0. The second-order valence-electron chi connectivity index (χ2n) is 5.13. The lowest BCUT2D eigenvalue weighted by molar-refractivity contribution is 1.21. The lowest BCUT2D eigenvalue weighted by Crippen LogP contribution is -2.08. The van der Waals surface area contributed by atoms with Gasteiger partial charge in [0.25, 0.3) is 0 Å². The first-order valence-electron chi connectivity index (χ1n) is 7.27. The molecule has 2 aromatic carbocycles. The number of anilines is 2. The Kier molecular flexibility index (Phi) is 4.02. The van der Waals surface area contributed by atoms with Gasteiger partial charge in [0.2, 0.25) is 0 Å². The van der Waals surface area contributed by atoms with Crippen molar-refractivity contribution in [3.63, 3.8) is 0 Å². The molecule has 0 saturated carbocycles. The minimum atomic E-state index is 1.01. The van der Waals surface area contributed by atoms with Gasteiger partial charge in [0.1, 0.15) is 0 Å². The van der Waals surface area contributed by atoms with Crippen LogP contribution in [0.1, 0.15) is 12.0 Å². The number of para-hydroxylation sites is 1. The van der Waals surface area contributed by atoms with E-state index in [1.54, 1.807) is 0 Å². The van der Waals surface area contributed by atoms with Crippen LogP contribution in [-0.4, -0.2) is 7.05 Å². The molecule has 21 heavy (non-hydrogen) atoms. The molecule has 3 rings (SSSR count). The monoisotopic (exact) mass is 273 g/mol. The van der Waals surface area contributed by atoms with E-state index in [2.05, 4.69) is 90.9 Å². The van der Waals surface area contributed by atoms with Crippen molar-refractivity contribution in [1.82, 2.24) is 0 Å². The zero-order valence-electron chi connectivity index (χ0n) is 12.2. The van der Waals surface area contributed by atoms with Crippen molar-refractivity contribution in [2.75, 3.05) is 11.9 Å². The summed E-state index contributed by atoms with van der Waals surface area (Å²) in [6.07, 6.45) is 11.9. The zero-order valence-corrected chi connectivity index (χ0v) is 12.2. The van der Waals surface area contributed by atoms with Crippen LogP contribution in [0.2, 0.25) is 0 Å². The molecule has 0 heterocycles. The molecular formula is C20H19N. The van der Waals surface area contributed by atoms with Crippen molar-refractivity contribution in [2.45, 2.75) is 6.42 Å². The van der Waals surface area contributed by atoms with Crippen molar-refractivity contribution >= 4 is 16.9 Å². The minimum Gasteiger partial charge on any atom is -0.345 e. The van der Waals surface area contributed by atoms with Crippen LogP contribution in [0.4, 0.5) is 11.4 Å². The molecule has 0 amide bonds. The molecule has 104 valence electrons. The SMILES string of the molecule is CN(c1ccccc1)c1ccc(C2=CC=CCC=C2)cc1. The van der Waals surface area contributed by atoms with Crippen molar-refractivity contribution in [2.24, 2.45) is 0 Å². The maximum Gasteiger partial charge on any atom is 0.0408 e. The molecule has 0 atom stereocenters. The fraction of sp³-hybridized carbons (Fsp3) is 0.100. The predicted octanol–water partition coefficient (Wildman–Crippen LogP) is 5.35. The van der Waals surface area contributed by atoms with Gasteiger partial charge in [-0.05, 0) is 41.8 Å². The van der Waals surface area contributed by atoms with Gasteiger partial charge in [-0.1, -0.05) is 60.7 Å². The lowest BCUT2D eigenvalue weighted by Gasteiger charge is -2.19. The first-order valence-corrected chi connectivity index (χ1v) is 7.27. The van der Waals surface area contributed by atoms with E-state index in [1.165, 1.54) is 22.5 Å². The summed E-state index contributed by atoms with van der Waals surface area (Å²) in [5, 5.41) is 0. The molecule has 0 bridgehead atoms. The average molecular weight is 273 g/mol. The number of nitrogens with zero attached hydrogens (tertiary/aromatic N) is 1. The summed E-state index contributed by atoms with van der Waals surface area (Å²) in [6, 6.07) is 19.1. The molecule has 1 aliphatic carbocycles. The Morgan fingerprint density at radius 2 is 1.52 bits per heavy atom. The molecular weight excluding hydrogens is 254 g/mol. The Hall–Kier alpha value is -2.54. The zero-order chi connectivity index (χ0) is 14.5. The number of hydrogen-bond donors (Lipinski definition) is 0. The third kappa shape index (κ3) is 3.14. The van der Waals surface area contributed by atoms with Crippen LogP contribution < -0.4 is 4.90 Å². The fourth-order valence-corrected chi connectivity index (χ4v) is 2.45. The van der Waals surface area contributed by atoms with Crippen molar-refractivity contribution in [3.8, 4) is 0 Å². The molecule has 0 saturated heterocycles. The Bertz CT molecular complexity index is 676. The smallest absolute Gasteiger partial charge is 0.0408 e. The van der Waals surface area contributed by atoms with Crippen LogP contribution in [0.3, 0.4) is 0 Å². The normalized spacial score (nSPS) is 13.7. The quantitative estimate of drug-likeness (QED) is 0.728. The Labute approximate surface area is 126 Å². The van der Waals surface area contributed by atoms with E-state index in [0.29, 0.717) is 0 Å². The van der Waals surface area contributed by atoms with Gasteiger partial charge in [-0.3, -0.25) is 0 Å². The highest BCUT2D eigenvalue weighted by molar-refractivity contribution is 5.77. The highest BCUT2D eigenvalue weighted by atomic mass is 15.1. The topological polar surface area (TPSA) is 3.24 Å². The van der Waals surface area contributed by atoms with E-state index in [4.69, 9.17) is 0 Å². The summed E-state index contributed by atoms with van der Waals surface area (Å²) >= 11 is 0. The van der Waals surface area contributed by atoms with Crippen LogP contribution in [0, 0.1) is 0 Å². The summed E-state index contributed by atoms with van der Waals surface area (Å²) in [5.74, 6) is 0. The summed E-state index contributed by atoms with van der Waals surface area (Å²) in [4.78, 5) is 2.20. The van der Waals surface area contributed by atoms with Gasteiger partial charge in [0, 0.05) is 18.4 Å². The highest BCUT2D eigenvalue weighted by Gasteiger charge is 2.04. The third-order valence-electron chi connectivity index (χ3n) is 3.71. The van der Waals surface area contributed by atoms with Crippen molar-refractivity contribution in [3.05, 3.63) is 90.5 Å². The van der Waals surface area contributed by atoms with E-state index in [-0.39, 0.29) is 0 Å². The maximum atomic E-state index is 2.20. The molecule has 1 nitrogen and oxygen atoms in total. The van der Waals surface area contributed by atoms with Gasteiger partial charge in [0.05, 0.1) is 0 Å². The van der Waals surface area contributed by atoms with Crippen LogP contribution in [0.5, 0.6) is 0 Å². The van der Waals surface area contributed by atoms with E-state index in [0.717, 1.165) is 6.42 Å². The summed E-state index contributed by atoms with van der Waals surface area (Å²) in [6.45, 7) is 0. The van der Waals surface area contributed by atoms with Gasteiger partial charge in [-0.15, -0.1) is 0 Å². The van der Waals surface area contributed by atoms with E-state index >= 15 is 0 Å². The highest BCUT2D eigenvalue weighted by Crippen LogP contribution is 2.26. The van der Waals surface area contributed by atoms with Crippen molar-refractivity contribution in [1.29, 1.82) is 0 Å². The molecule has 1 heteroatoms. The van der Waals surface area contributed by atoms with Crippen molar-refractivity contribution < 1.29 is 0 Å². The molecule has 0 spiro atoms. The second kappa shape index (κ2) is 6.27. The average Bonchev–Trinajstić information content (AvgIpc) is 2.84. The predicted molar refractivity (Wildman–Crippen MR) is 91.8 cm³/mol. The fourth-order valence-electron chi connectivity index (χ4n) is 2.45. The van der Waals surface area contributed by atoms with Gasteiger partial charge >= 0.3 is 0 Å². The third-order valence-corrected chi connectivity index (χ3v) is 3.71. The van der Waals surface area contributed by atoms with Gasteiger partial charge < -0.3 is 4.90 Å². The van der Waals surface area contributed by atoms with Crippen LogP contribution in [-0.2, 0) is 0 Å². The van der Waals surface area contributed by atoms with Gasteiger partial charge in [-0.25, -0.2) is 0 Å². The van der Waals surface area contributed by atoms with E-state index in [9.17, 15) is 0 Å². The van der Waals surface area contributed by atoms with Gasteiger partial charge in [-0.2, -0.15) is 0 Å². The molecule has 0 fully saturated rings.